The van der Waals surface area contributed by atoms with Gasteiger partial charge in [0.2, 0.25) is 0 Å². The van der Waals surface area contributed by atoms with Crippen LogP contribution in [0.25, 0.3) is 27.8 Å². The van der Waals surface area contributed by atoms with Crippen molar-refractivity contribution in [3.8, 4) is 17.0 Å². The third kappa shape index (κ3) is 5.25. The number of benzene rings is 1. The van der Waals surface area contributed by atoms with Crippen molar-refractivity contribution in [2.24, 2.45) is 0 Å². The Hall–Kier alpha value is -4.36. The summed E-state index contributed by atoms with van der Waals surface area (Å²) in [6.45, 7) is 5.36. The van der Waals surface area contributed by atoms with Gasteiger partial charge in [0.1, 0.15) is 41.5 Å². The van der Waals surface area contributed by atoms with Gasteiger partial charge in [-0.2, -0.15) is 10.2 Å². The molecule has 5 aromatic rings. The predicted molar refractivity (Wildman–Crippen MR) is 153 cm³/mol. The lowest BCUT2D eigenvalue weighted by Crippen LogP contribution is -2.43. The van der Waals surface area contributed by atoms with E-state index in [1.807, 2.05) is 16.8 Å². The minimum absolute atomic E-state index is 0.184. The molecule has 1 fully saturated rings. The Balaban J connectivity index is 1.47. The van der Waals surface area contributed by atoms with Gasteiger partial charge in [-0.3, -0.25) is 0 Å². The van der Waals surface area contributed by atoms with Crippen LogP contribution in [0.3, 0.4) is 0 Å². The number of fused-ring (bicyclic) bond motifs is 2. The number of ether oxygens (including phenoxy) is 1. The highest BCUT2D eigenvalue weighted by Crippen LogP contribution is 2.33. The van der Waals surface area contributed by atoms with E-state index in [4.69, 9.17) is 25.7 Å². The molecule has 0 aliphatic carbocycles. The number of rotatable bonds is 8. The van der Waals surface area contributed by atoms with E-state index in [1.54, 1.807) is 4.68 Å². The number of likely N-dealkylation sites (N-methyl/N-ethyl adjacent to an activating group) is 1. The number of nitrogens with zero attached hydrogens (tertiary/aromatic N) is 9. The van der Waals surface area contributed by atoms with Crippen molar-refractivity contribution >= 4 is 28.2 Å². The van der Waals surface area contributed by atoms with Gasteiger partial charge < -0.3 is 25.4 Å². The molecule has 1 aliphatic heterocycles. The number of aryl methyl sites for hydroxylation is 1. The van der Waals surface area contributed by atoms with E-state index in [9.17, 15) is 9.50 Å². The number of nitrogen functional groups attached to an aromatic ring is 1. The molecule has 0 bridgehead atoms. The fourth-order valence-electron chi connectivity index (χ4n) is 5.42. The highest BCUT2D eigenvalue weighted by atomic mass is 19.1. The van der Waals surface area contributed by atoms with Crippen LogP contribution in [0.1, 0.15) is 24.2 Å². The quantitative estimate of drug-likeness (QED) is 0.292. The van der Waals surface area contributed by atoms with Gasteiger partial charge in [-0.15, -0.1) is 0 Å². The zero-order chi connectivity index (χ0) is 28.7. The summed E-state index contributed by atoms with van der Waals surface area (Å²) in [6.07, 6.45) is 5.14. The molecule has 41 heavy (non-hydrogen) atoms. The molecule has 214 valence electrons. The Morgan fingerprint density at radius 3 is 2.68 bits per heavy atom. The molecule has 6 rings (SSSR count). The molecule has 0 atom stereocenters. The lowest BCUT2D eigenvalue weighted by atomic mass is 10.1. The first-order valence-corrected chi connectivity index (χ1v) is 13.6. The normalized spacial score (nSPS) is 14.5. The molecule has 1 aliphatic rings. The minimum Gasteiger partial charge on any atom is -0.508 e. The summed E-state index contributed by atoms with van der Waals surface area (Å²) >= 11 is 0. The predicted octanol–water partition coefficient (Wildman–Crippen LogP) is 2.87. The molecule has 0 radical (unpaired) electrons. The molecule has 3 N–H and O–H groups in total. The molecule has 1 saturated heterocycles. The van der Waals surface area contributed by atoms with Crippen LogP contribution in [0.2, 0.25) is 0 Å². The summed E-state index contributed by atoms with van der Waals surface area (Å²) in [4.78, 5) is 18.2. The Kier molecular flexibility index (Phi) is 7.14. The van der Waals surface area contributed by atoms with Crippen LogP contribution in [0.4, 0.5) is 16.0 Å². The maximum Gasteiger partial charge on any atom is 0.173 e. The van der Waals surface area contributed by atoms with Gasteiger partial charge >= 0.3 is 0 Å². The van der Waals surface area contributed by atoms with Gasteiger partial charge in [0.05, 0.1) is 5.39 Å². The number of nitrogens with two attached hydrogens (primary N) is 1. The highest BCUT2D eigenvalue weighted by Gasteiger charge is 2.27. The third-order valence-electron chi connectivity index (χ3n) is 7.44. The summed E-state index contributed by atoms with van der Waals surface area (Å²) < 4.78 is 23.4. The van der Waals surface area contributed by atoms with Crippen molar-refractivity contribution in [2.45, 2.75) is 32.4 Å². The lowest BCUT2D eigenvalue weighted by Gasteiger charge is -2.36. The maximum absolute atomic E-state index is 14.2. The number of halogens is 1. The average molecular weight is 561 g/mol. The Labute approximate surface area is 236 Å². The van der Waals surface area contributed by atoms with Crippen LogP contribution < -0.4 is 10.6 Å². The maximum atomic E-state index is 14.2. The van der Waals surface area contributed by atoms with Crippen LogP contribution in [-0.2, 0) is 11.3 Å². The Morgan fingerprint density at radius 1 is 1.12 bits per heavy atom. The molecule has 0 amide bonds. The first kappa shape index (κ1) is 26.8. The molecule has 0 unspecified atom stereocenters. The largest absolute Gasteiger partial charge is 0.508 e. The van der Waals surface area contributed by atoms with Crippen molar-refractivity contribution in [3.63, 3.8) is 0 Å². The minimum atomic E-state index is -0.592. The summed E-state index contributed by atoms with van der Waals surface area (Å²) in [5.41, 5.74) is 9.48. The first-order valence-electron chi connectivity index (χ1n) is 13.6. The summed E-state index contributed by atoms with van der Waals surface area (Å²) in [7, 11) is 4.13. The van der Waals surface area contributed by atoms with Gasteiger partial charge in [-0.1, -0.05) is 0 Å². The average Bonchev–Trinajstić information content (AvgIpc) is 3.50. The van der Waals surface area contributed by atoms with Crippen molar-refractivity contribution in [1.29, 1.82) is 0 Å². The van der Waals surface area contributed by atoms with E-state index in [0.717, 1.165) is 62.1 Å². The number of anilines is 2. The molecule has 0 saturated carbocycles. The molecular formula is C28H33FN10O2. The van der Waals surface area contributed by atoms with Crippen LogP contribution in [-0.4, -0.2) is 90.8 Å². The second-order valence-electron chi connectivity index (χ2n) is 10.6. The fourth-order valence-corrected chi connectivity index (χ4v) is 5.42. The van der Waals surface area contributed by atoms with Gasteiger partial charge in [0, 0.05) is 50.2 Å². The van der Waals surface area contributed by atoms with E-state index in [0.29, 0.717) is 28.1 Å². The van der Waals surface area contributed by atoms with Crippen molar-refractivity contribution < 1.29 is 14.2 Å². The topological polar surface area (TPSA) is 136 Å². The van der Waals surface area contributed by atoms with E-state index < -0.39 is 5.82 Å². The number of phenolic OH excluding ortho intramolecular Hbond substituents is 1. The van der Waals surface area contributed by atoms with Crippen molar-refractivity contribution in [2.75, 3.05) is 51.0 Å². The third-order valence-corrected chi connectivity index (χ3v) is 7.44. The molecule has 12 nitrogen and oxygen atoms in total. The van der Waals surface area contributed by atoms with E-state index in [-0.39, 0.29) is 24.2 Å². The molecule has 13 heteroatoms. The summed E-state index contributed by atoms with van der Waals surface area (Å²) in [5.74, 6) is 0.788. The number of phenols is 1. The zero-order valence-electron chi connectivity index (χ0n) is 23.3. The number of aromatic nitrogens is 7. The van der Waals surface area contributed by atoms with E-state index in [1.165, 1.54) is 18.5 Å². The highest BCUT2D eigenvalue weighted by molar-refractivity contribution is 5.98. The smallest absolute Gasteiger partial charge is 0.173 e. The van der Waals surface area contributed by atoms with Crippen LogP contribution in [0, 0.1) is 12.7 Å². The number of hydrogen-bond donors (Lipinski definition) is 2. The monoisotopic (exact) mass is 560 g/mol. The fraction of sp³-hybridized carbons (Fsp3) is 0.393. The van der Waals surface area contributed by atoms with Gasteiger partial charge in [-0.25, -0.2) is 28.5 Å². The van der Waals surface area contributed by atoms with E-state index >= 15 is 0 Å². The summed E-state index contributed by atoms with van der Waals surface area (Å²) in [6, 6.07) is 6.08. The first-order chi connectivity index (χ1) is 19.8. The standard InChI is InChI=1S/C28H33FN10O2/c1-17-4-7-38-25(17)28(37(9-8-36(2)3)20-5-10-41-11-6-20)33-22(34-38)15-39-27-23(26(30)31-16-32-27)24(35-39)18-12-19(29)14-21(40)13-18/h4,7,12-14,16,20,40H,5-6,8-11,15H2,1-3H3,(H2,30,31,32). The van der Waals surface area contributed by atoms with Crippen LogP contribution in [0.15, 0.2) is 36.8 Å². The lowest BCUT2D eigenvalue weighted by molar-refractivity contribution is 0.0840. The van der Waals surface area contributed by atoms with Gasteiger partial charge in [-0.05, 0) is 57.6 Å². The van der Waals surface area contributed by atoms with Crippen molar-refractivity contribution in [1.82, 2.24) is 39.2 Å². The molecule has 4 aromatic heterocycles. The Morgan fingerprint density at radius 2 is 1.93 bits per heavy atom. The number of aromatic hydroxyl groups is 1. The van der Waals surface area contributed by atoms with Crippen molar-refractivity contribution in [3.05, 3.63) is 54.0 Å². The van der Waals surface area contributed by atoms with Gasteiger partial charge in [0.15, 0.2) is 17.3 Å². The van der Waals surface area contributed by atoms with E-state index in [2.05, 4.69) is 40.8 Å². The second kappa shape index (κ2) is 10.9. The SMILES string of the molecule is Cc1ccn2nc(Cn3nc(-c4cc(O)cc(F)c4)c4c(N)ncnc43)nc(N(CCN(C)C)C3CCOCC3)c12. The zero-order valence-corrected chi connectivity index (χ0v) is 23.3. The van der Waals surface area contributed by atoms with Crippen LogP contribution >= 0.6 is 0 Å². The summed E-state index contributed by atoms with van der Waals surface area (Å²) in [5, 5.41) is 20.1. The second-order valence-corrected chi connectivity index (χ2v) is 10.6. The van der Waals surface area contributed by atoms with Gasteiger partial charge in [0.25, 0.3) is 0 Å². The Bertz CT molecular complexity index is 1690. The molecule has 5 heterocycles. The molecular weight excluding hydrogens is 527 g/mol. The molecule has 0 spiro atoms. The number of hydrogen-bond acceptors (Lipinski definition) is 10. The van der Waals surface area contributed by atoms with Crippen LogP contribution in [0.5, 0.6) is 5.75 Å². The molecule has 1 aromatic carbocycles.